The summed E-state index contributed by atoms with van der Waals surface area (Å²) in [6.45, 7) is 5.68. The summed E-state index contributed by atoms with van der Waals surface area (Å²) in [5.41, 5.74) is 8.74. The highest BCUT2D eigenvalue weighted by Crippen LogP contribution is 2.19. The molecule has 11 heteroatoms. The van der Waals surface area contributed by atoms with Crippen molar-refractivity contribution in [1.82, 2.24) is 25.6 Å². The highest BCUT2D eigenvalue weighted by molar-refractivity contribution is 6.30. The SMILES string of the molecule is C=C(N)NCCCCNC(=O)c1ccc(Nc2nc(NCc3ccc(Cl)cc3)nc(OCc3ccccc3)n2)cc1. The maximum absolute atomic E-state index is 12.5. The Hall–Kier alpha value is -4.83. The Bertz CT molecular complexity index is 1420. The van der Waals surface area contributed by atoms with Crippen LogP contribution in [-0.4, -0.2) is 33.9 Å². The third-order valence-electron chi connectivity index (χ3n) is 5.83. The lowest BCUT2D eigenvalue weighted by Crippen LogP contribution is -2.25. The van der Waals surface area contributed by atoms with Crippen LogP contribution in [0, 0.1) is 0 Å². The fourth-order valence-electron chi connectivity index (χ4n) is 3.70. The quantitative estimate of drug-likeness (QED) is 0.125. The van der Waals surface area contributed by atoms with E-state index in [9.17, 15) is 4.79 Å². The van der Waals surface area contributed by atoms with Crippen LogP contribution in [0.25, 0.3) is 0 Å². The van der Waals surface area contributed by atoms with Crippen molar-refractivity contribution in [2.24, 2.45) is 5.73 Å². The van der Waals surface area contributed by atoms with Crippen molar-refractivity contribution in [2.75, 3.05) is 23.7 Å². The van der Waals surface area contributed by atoms with E-state index in [4.69, 9.17) is 22.1 Å². The maximum atomic E-state index is 12.5. The zero-order valence-electron chi connectivity index (χ0n) is 22.6. The molecule has 6 N–H and O–H groups in total. The molecule has 41 heavy (non-hydrogen) atoms. The number of anilines is 3. The minimum Gasteiger partial charge on any atom is -0.458 e. The van der Waals surface area contributed by atoms with Gasteiger partial charge in [-0.1, -0.05) is 60.6 Å². The Kier molecular flexibility index (Phi) is 10.7. The second-order valence-electron chi connectivity index (χ2n) is 9.14. The van der Waals surface area contributed by atoms with Crippen LogP contribution >= 0.6 is 11.6 Å². The van der Waals surface area contributed by atoms with Crippen molar-refractivity contribution in [2.45, 2.75) is 26.0 Å². The molecule has 0 atom stereocenters. The van der Waals surface area contributed by atoms with E-state index >= 15 is 0 Å². The number of ether oxygens (including phenoxy) is 1. The van der Waals surface area contributed by atoms with Gasteiger partial charge in [0.1, 0.15) is 6.61 Å². The lowest BCUT2D eigenvalue weighted by Gasteiger charge is -2.12. The molecule has 0 fully saturated rings. The Labute approximate surface area is 244 Å². The van der Waals surface area contributed by atoms with E-state index in [0.29, 0.717) is 53.7 Å². The zero-order valence-corrected chi connectivity index (χ0v) is 23.3. The third-order valence-corrected chi connectivity index (χ3v) is 6.09. The average molecular weight is 573 g/mol. The topological polar surface area (TPSA) is 139 Å². The van der Waals surface area contributed by atoms with Gasteiger partial charge in [0.15, 0.2) is 0 Å². The molecular weight excluding hydrogens is 540 g/mol. The first-order valence-corrected chi connectivity index (χ1v) is 13.6. The zero-order chi connectivity index (χ0) is 28.9. The predicted molar refractivity (Wildman–Crippen MR) is 162 cm³/mol. The second-order valence-corrected chi connectivity index (χ2v) is 9.57. The van der Waals surface area contributed by atoms with Crippen molar-refractivity contribution in [3.8, 4) is 6.01 Å². The summed E-state index contributed by atoms with van der Waals surface area (Å²) in [6.07, 6.45) is 1.70. The molecule has 4 rings (SSSR count). The van der Waals surface area contributed by atoms with Crippen LogP contribution in [0.1, 0.15) is 34.3 Å². The van der Waals surface area contributed by atoms with Gasteiger partial charge >= 0.3 is 6.01 Å². The number of rotatable bonds is 15. The van der Waals surface area contributed by atoms with Crippen LogP contribution in [-0.2, 0) is 13.2 Å². The van der Waals surface area contributed by atoms with E-state index in [-0.39, 0.29) is 11.9 Å². The lowest BCUT2D eigenvalue weighted by atomic mass is 10.2. The van der Waals surface area contributed by atoms with E-state index in [1.54, 1.807) is 24.3 Å². The smallest absolute Gasteiger partial charge is 0.323 e. The van der Waals surface area contributed by atoms with E-state index in [2.05, 4.69) is 42.8 Å². The summed E-state index contributed by atoms with van der Waals surface area (Å²) in [6, 6.07) is 24.5. The molecule has 0 spiro atoms. The van der Waals surface area contributed by atoms with Gasteiger partial charge in [0.25, 0.3) is 5.91 Å². The largest absolute Gasteiger partial charge is 0.458 e. The second kappa shape index (κ2) is 15.1. The molecular formula is C30H33ClN8O2. The molecule has 0 unspecified atom stereocenters. The summed E-state index contributed by atoms with van der Waals surface area (Å²) in [5.74, 6) is 0.953. The first kappa shape index (κ1) is 29.2. The Morgan fingerprint density at radius 1 is 0.829 bits per heavy atom. The molecule has 0 saturated heterocycles. The number of nitrogens with two attached hydrogens (primary N) is 1. The summed E-state index contributed by atoms with van der Waals surface area (Å²) in [4.78, 5) is 25.9. The molecule has 0 saturated carbocycles. The summed E-state index contributed by atoms with van der Waals surface area (Å²) >= 11 is 6.00. The van der Waals surface area contributed by atoms with Crippen molar-refractivity contribution in [3.63, 3.8) is 0 Å². The van der Waals surface area contributed by atoms with Gasteiger partial charge in [0, 0.05) is 35.9 Å². The van der Waals surface area contributed by atoms with Crippen LogP contribution in [0.15, 0.2) is 91.3 Å². The van der Waals surface area contributed by atoms with E-state index in [0.717, 1.165) is 30.5 Å². The molecule has 3 aromatic carbocycles. The molecule has 1 amide bonds. The van der Waals surface area contributed by atoms with Gasteiger partial charge in [0.2, 0.25) is 11.9 Å². The predicted octanol–water partition coefficient (Wildman–Crippen LogP) is 4.99. The molecule has 0 aliphatic heterocycles. The number of unbranched alkanes of at least 4 members (excludes halogenated alkanes) is 1. The Morgan fingerprint density at radius 3 is 2.22 bits per heavy atom. The number of carbonyl (C=O) groups is 1. The molecule has 0 bridgehead atoms. The number of nitrogens with zero attached hydrogens (tertiary/aromatic N) is 3. The van der Waals surface area contributed by atoms with Crippen LogP contribution in [0.5, 0.6) is 6.01 Å². The average Bonchev–Trinajstić information content (AvgIpc) is 2.98. The van der Waals surface area contributed by atoms with E-state index < -0.39 is 0 Å². The van der Waals surface area contributed by atoms with E-state index in [1.165, 1.54) is 0 Å². The number of nitrogens with one attached hydrogen (secondary N) is 4. The van der Waals surface area contributed by atoms with Gasteiger partial charge < -0.3 is 31.7 Å². The molecule has 1 aromatic heterocycles. The fourth-order valence-corrected chi connectivity index (χ4v) is 3.82. The van der Waals surface area contributed by atoms with Gasteiger partial charge in [-0.05, 0) is 60.4 Å². The molecule has 0 radical (unpaired) electrons. The number of carbonyl (C=O) groups excluding carboxylic acids is 1. The number of amides is 1. The summed E-state index contributed by atoms with van der Waals surface area (Å²) in [7, 11) is 0. The Balaban J connectivity index is 1.38. The first-order chi connectivity index (χ1) is 19.9. The van der Waals surface area contributed by atoms with Crippen molar-refractivity contribution >= 4 is 35.1 Å². The molecule has 0 aliphatic rings. The third kappa shape index (κ3) is 10.0. The van der Waals surface area contributed by atoms with Crippen LogP contribution in [0.3, 0.4) is 0 Å². The maximum Gasteiger partial charge on any atom is 0.323 e. The van der Waals surface area contributed by atoms with Crippen LogP contribution < -0.4 is 31.7 Å². The van der Waals surface area contributed by atoms with Gasteiger partial charge in [-0.2, -0.15) is 15.0 Å². The number of benzene rings is 3. The molecule has 212 valence electrons. The molecule has 1 heterocycles. The minimum absolute atomic E-state index is 0.141. The van der Waals surface area contributed by atoms with Crippen LogP contribution in [0.4, 0.5) is 17.6 Å². The minimum atomic E-state index is -0.141. The monoisotopic (exact) mass is 572 g/mol. The number of hydrogen-bond donors (Lipinski definition) is 5. The van der Waals surface area contributed by atoms with Gasteiger partial charge in [-0.15, -0.1) is 0 Å². The molecule has 0 aliphatic carbocycles. The van der Waals surface area contributed by atoms with Crippen molar-refractivity contribution < 1.29 is 9.53 Å². The standard InChI is InChI=1S/C30H33ClN8O2/c1-21(32)33-17-5-6-18-34-27(40)24-11-15-26(16-12-24)36-29-37-28(35-19-22-9-13-25(31)14-10-22)38-30(39-29)41-20-23-7-3-2-4-8-23/h2-4,7-16,33H,1,5-6,17-20,32H2,(H,34,40)(H2,35,36,37,38,39). The summed E-state index contributed by atoms with van der Waals surface area (Å²) < 4.78 is 5.88. The van der Waals surface area contributed by atoms with Crippen molar-refractivity contribution in [3.05, 3.63) is 113 Å². The summed E-state index contributed by atoms with van der Waals surface area (Å²) in [5, 5.41) is 12.9. The molecule has 4 aromatic rings. The van der Waals surface area contributed by atoms with Crippen molar-refractivity contribution in [1.29, 1.82) is 0 Å². The Morgan fingerprint density at radius 2 is 1.51 bits per heavy atom. The molecule has 10 nitrogen and oxygen atoms in total. The highest BCUT2D eigenvalue weighted by atomic mass is 35.5. The highest BCUT2D eigenvalue weighted by Gasteiger charge is 2.10. The van der Waals surface area contributed by atoms with Gasteiger partial charge in [-0.3, -0.25) is 4.79 Å². The van der Waals surface area contributed by atoms with E-state index in [1.807, 2.05) is 54.6 Å². The van der Waals surface area contributed by atoms with Gasteiger partial charge in [-0.25, -0.2) is 0 Å². The number of aromatic nitrogens is 3. The number of hydrogen-bond acceptors (Lipinski definition) is 9. The fraction of sp³-hybridized carbons (Fsp3) is 0.200. The first-order valence-electron chi connectivity index (χ1n) is 13.2. The van der Waals surface area contributed by atoms with Crippen LogP contribution in [0.2, 0.25) is 5.02 Å². The normalized spacial score (nSPS) is 10.5. The number of halogens is 1. The van der Waals surface area contributed by atoms with Gasteiger partial charge in [0.05, 0.1) is 5.82 Å². The lowest BCUT2D eigenvalue weighted by molar-refractivity contribution is 0.0953.